The molecule has 0 aliphatic carbocycles. The fourth-order valence-electron chi connectivity index (χ4n) is 5.30. The second kappa shape index (κ2) is 17.0. The lowest BCUT2D eigenvalue weighted by Gasteiger charge is -2.27. The number of rotatable bonds is 15. The number of thioether (sulfide) groups is 1. The van der Waals surface area contributed by atoms with Crippen LogP contribution in [0.2, 0.25) is 0 Å². The van der Waals surface area contributed by atoms with Gasteiger partial charge >= 0.3 is 0 Å². The Bertz CT molecular complexity index is 1570. The van der Waals surface area contributed by atoms with Crippen LogP contribution < -0.4 is 15.0 Å². The van der Waals surface area contributed by atoms with Crippen molar-refractivity contribution in [3.63, 3.8) is 0 Å². The summed E-state index contributed by atoms with van der Waals surface area (Å²) in [7, 11) is 0. The van der Waals surface area contributed by atoms with E-state index in [2.05, 4.69) is 77.4 Å². The zero-order valence-corrected chi connectivity index (χ0v) is 27.9. The van der Waals surface area contributed by atoms with Gasteiger partial charge in [-0.2, -0.15) is 0 Å². The zero-order valence-electron chi connectivity index (χ0n) is 27.1. The molecule has 240 valence electrons. The third-order valence-corrected chi connectivity index (χ3v) is 8.62. The Labute approximate surface area is 277 Å². The third kappa shape index (κ3) is 9.68. The van der Waals surface area contributed by atoms with Gasteiger partial charge in [-0.1, -0.05) is 69.3 Å². The van der Waals surface area contributed by atoms with Crippen LogP contribution in [-0.2, 0) is 15.3 Å². The number of hydrogen-bond acceptors (Lipinski definition) is 7. The molecule has 0 spiro atoms. The second-order valence-corrected chi connectivity index (χ2v) is 12.8. The van der Waals surface area contributed by atoms with Crippen molar-refractivity contribution >= 4 is 35.1 Å². The van der Waals surface area contributed by atoms with Gasteiger partial charge in [0.15, 0.2) is 5.16 Å². The van der Waals surface area contributed by atoms with Crippen LogP contribution >= 0.6 is 11.8 Å². The number of unbranched alkanes of at least 4 members (excludes halogenated alkanes) is 1. The minimum Gasteiger partial charge on any atom is -0.491 e. The molecule has 5 rings (SSSR count). The van der Waals surface area contributed by atoms with Crippen LogP contribution in [0.5, 0.6) is 5.75 Å². The minimum absolute atomic E-state index is 0.0669. The summed E-state index contributed by atoms with van der Waals surface area (Å²) >= 11 is 1.59. The Morgan fingerprint density at radius 3 is 2.46 bits per heavy atom. The van der Waals surface area contributed by atoms with Crippen molar-refractivity contribution in [3.8, 4) is 16.9 Å². The topological polar surface area (TPSA) is 76.6 Å². The molecule has 8 heteroatoms. The van der Waals surface area contributed by atoms with Crippen LogP contribution in [0.3, 0.4) is 0 Å². The molecule has 1 aromatic heterocycles. The molecule has 7 nitrogen and oxygen atoms in total. The third-order valence-electron chi connectivity index (χ3n) is 7.67. The Hall–Kier alpha value is -4.14. The summed E-state index contributed by atoms with van der Waals surface area (Å²) < 4.78 is 11.5. The highest BCUT2D eigenvalue weighted by molar-refractivity contribution is 7.98. The molecule has 46 heavy (non-hydrogen) atoms. The predicted molar refractivity (Wildman–Crippen MR) is 189 cm³/mol. The number of fused-ring (bicyclic) bond motifs is 1. The van der Waals surface area contributed by atoms with Crippen LogP contribution in [0.4, 0.5) is 11.4 Å². The number of aromatic nitrogens is 2. The van der Waals surface area contributed by atoms with Gasteiger partial charge in [-0.3, -0.25) is 4.79 Å². The summed E-state index contributed by atoms with van der Waals surface area (Å²) in [5, 5.41) is 3.88. The lowest BCUT2D eigenvalue weighted by Crippen LogP contribution is -2.29. The van der Waals surface area contributed by atoms with Gasteiger partial charge in [-0.05, 0) is 89.6 Å². The SMILES string of the molecule is CCCCOCCOc1ccc(-c2ccc3c(c2)C=C(C(=O)Nc2ccc(CSc4ncccn4)cc2)CCN3CC(C)C)cc1. The van der Waals surface area contributed by atoms with Crippen molar-refractivity contribution in [2.75, 3.05) is 43.1 Å². The van der Waals surface area contributed by atoms with Gasteiger partial charge in [0.2, 0.25) is 0 Å². The highest BCUT2D eigenvalue weighted by Gasteiger charge is 2.21. The maximum atomic E-state index is 13.6. The first-order valence-corrected chi connectivity index (χ1v) is 17.2. The highest BCUT2D eigenvalue weighted by Crippen LogP contribution is 2.34. The second-order valence-electron chi connectivity index (χ2n) is 11.8. The molecule has 0 saturated heterocycles. The van der Waals surface area contributed by atoms with E-state index >= 15 is 0 Å². The summed E-state index contributed by atoms with van der Waals surface area (Å²) in [6.45, 7) is 10.2. The smallest absolute Gasteiger partial charge is 0.251 e. The summed E-state index contributed by atoms with van der Waals surface area (Å²) in [6.07, 6.45) is 8.44. The molecule has 0 bridgehead atoms. The first-order chi connectivity index (χ1) is 22.5. The average Bonchev–Trinajstić information content (AvgIpc) is 3.25. The standard InChI is InChI=1S/C38H44N4O3S/c1-4-5-21-44-22-23-45-35-14-9-30(10-15-35)31-11-16-36-33(24-31)25-32(17-20-42(36)26-28(2)3)37(43)41-34-12-7-29(8-13-34)27-46-38-39-18-6-19-40-38/h6-16,18-19,24-25,28H,4-5,17,20-23,26-27H2,1-3H3,(H,41,43). The lowest BCUT2D eigenvalue weighted by atomic mass is 10.00. The number of nitrogens with one attached hydrogen (secondary N) is 1. The molecule has 0 fully saturated rings. The quantitative estimate of drug-likeness (QED) is 0.0796. The fourth-order valence-corrected chi connectivity index (χ4v) is 6.06. The van der Waals surface area contributed by atoms with E-state index in [1.807, 2.05) is 42.5 Å². The van der Waals surface area contributed by atoms with Gasteiger partial charge in [0.05, 0.1) is 6.61 Å². The molecule has 2 heterocycles. The van der Waals surface area contributed by atoms with Crippen molar-refractivity contribution in [1.82, 2.24) is 9.97 Å². The first-order valence-electron chi connectivity index (χ1n) is 16.2. The molecular weight excluding hydrogens is 593 g/mol. The van der Waals surface area contributed by atoms with E-state index in [-0.39, 0.29) is 5.91 Å². The number of carbonyl (C=O) groups is 1. The number of benzene rings is 3. The van der Waals surface area contributed by atoms with E-state index in [0.29, 0.717) is 25.6 Å². The first kappa shape index (κ1) is 33.2. The van der Waals surface area contributed by atoms with Gasteiger partial charge in [0.25, 0.3) is 5.91 Å². The van der Waals surface area contributed by atoms with Crippen LogP contribution in [-0.4, -0.2) is 48.8 Å². The molecule has 4 aromatic rings. The molecule has 1 N–H and O–H groups in total. The normalized spacial score (nSPS) is 12.8. The van der Waals surface area contributed by atoms with E-state index in [0.717, 1.165) is 88.4 Å². The predicted octanol–water partition coefficient (Wildman–Crippen LogP) is 8.52. The van der Waals surface area contributed by atoms with Crippen molar-refractivity contribution in [2.45, 2.75) is 50.9 Å². The molecular formula is C38H44N4O3S. The number of ether oxygens (including phenoxy) is 2. The summed E-state index contributed by atoms with van der Waals surface area (Å²) in [5.41, 5.74) is 7.12. The zero-order chi connectivity index (χ0) is 32.1. The summed E-state index contributed by atoms with van der Waals surface area (Å²) in [4.78, 5) is 24.5. The number of nitrogens with zero attached hydrogens (tertiary/aromatic N) is 3. The van der Waals surface area contributed by atoms with Crippen LogP contribution in [0.1, 0.15) is 51.2 Å². The minimum atomic E-state index is -0.0669. The molecule has 1 amide bonds. The monoisotopic (exact) mass is 636 g/mol. The summed E-state index contributed by atoms with van der Waals surface area (Å²) in [6, 6.07) is 24.6. The van der Waals surface area contributed by atoms with E-state index in [9.17, 15) is 4.79 Å². The van der Waals surface area contributed by atoms with Crippen LogP contribution in [0.15, 0.2) is 95.9 Å². The van der Waals surface area contributed by atoms with Crippen molar-refractivity contribution < 1.29 is 14.3 Å². The molecule has 0 atom stereocenters. The molecule has 3 aromatic carbocycles. The number of anilines is 2. The number of hydrogen-bond donors (Lipinski definition) is 1. The molecule has 1 aliphatic heterocycles. The van der Waals surface area contributed by atoms with Gasteiger partial charge in [-0.15, -0.1) is 0 Å². The fraction of sp³-hybridized carbons (Fsp3) is 0.342. The van der Waals surface area contributed by atoms with E-state index in [1.54, 1.807) is 24.2 Å². The molecule has 1 aliphatic rings. The van der Waals surface area contributed by atoms with Crippen LogP contribution in [0.25, 0.3) is 17.2 Å². The maximum absolute atomic E-state index is 13.6. The lowest BCUT2D eigenvalue weighted by molar-refractivity contribution is -0.112. The van der Waals surface area contributed by atoms with E-state index < -0.39 is 0 Å². The summed E-state index contributed by atoms with van der Waals surface area (Å²) in [5.74, 6) is 2.02. The largest absolute Gasteiger partial charge is 0.491 e. The van der Waals surface area contributed by atoms with Gasteiger partial charge < -0.3 is 19.7 Å². The number of amides is 1. The molecule has 0 unspecified atom stereocenters. The van der Waals surface area contributed by atoms with Crippen LogP contribution in [0, 0.1) is 5.92 Å². The van der Waals surface area contributed by atoms with Crippen molar-refractivity contribution in [2.24, 2.45) is 5.92 Å². The van der Waals surface area contributed by atoms with E-state index in [1.165, 1.54) is 0 Å². The van der Waals surface area contributed by atoms with Gasteiger partial charge in [0.1, 0.15) is 12.4 Å². The Balaban J connectivity index is 1.27. The molecule has 0 radical (unpaired) electrons. The molecule has 0 saturated carbocycles. The van der Waals surface area contributed by atoms with Gasteiger partial charge in [0, 0.05) is 54.8 Å². The number of carbonyl (C=O) groups excluding carboxylic acids is 1. The van der Waals surface area contributed by atoms with E-state index in [4.69, 9.17) is 9.47 Å². The Kier molecular flexibility index (Phi) is 12.3. The maximum Gasteiger partial charge on any atom is 0.251 e. The average molecular weight is 637 g/mol. The van der Waals surface area contributed by atoms with Crippen molar-refractivity contribution in [1.29, 1.82) is 0 Å². The van der Waals surface area contributed by atoms with Gasteiger partial charge in [-0.25, -0.2) is 9.97 Å². The van der Waals surface area contributed by atoms with Crippen molar-refractivity contribution in [3.05, 3.63) is 102 Å². The Morgan fingerprint density at radius 1 is 0.957 bits per heavy atom. The Morgan fingerprint density at radius 2 is 1.72 bits per heavy atom. The highest BCUT2D eigenvalue weighted by atomic mass is 32.2.